The fourth-order valence-corrected chi connectivity index (χ4v) is 12.9. The minimum atomic E-state index is -1.86. The fourth-order valence-electron chi connectivity index (χ4n) is 12.0. The number of hydrogen-bond donors (Lipinski definition) is 20. The van der Waals surface area contributed by atoms with Crippen molar-refractivity contribution in [1.29, 1.82) is 0 Å². The molecule has 14 amide bonds. The average molecular weight is 1530 g/mol. The number of unbranched alkanes of at least 4 members (excludes halogenated alkanes) is 1. The summed E-state index contributed by atoms with van der Waals surface area (Å²) >= 11 is 0.865. The van der Waals surface area contributed by atoms with Gasteiger partial charge in [-0.2, -0.15) is 0 Å². The number of aromatic amines is 2. The number of guanidine groups is 1. The van der Waals surface area contributed by atoms with Crippen LogP contribution in [0.2, 0.25) is 0 Å². The topological polar surface area (TPSA) is 578 Å². The first-order chi connectivity index (χ1) is 51.9. The highest BCUT2D eigenvalue weighted by Crippen LogP contribution is 2.23. The zero-order chi connectivity index (χ0) is 80.0. The van der Waals surface area contributed by atoms with Crippen molar-refractivity contribution in [2.45, 2.75) is 172 Å². The Bertz CT molecular complexity index is 4030. The standard InChI is InChI=1S/C73H104N20O15S/c1-7-40(6)61-72(108)89-54(35-94)63(99)82-34-57(96)83-48(25-17-27-79-73(77)78)64(100)88-53(31-56(75)95)66(102)87-52(30-43-33-81-47-23-14-12-21-45(43)47)69(105)91-59(38(2)3)70(106)85-49(24-15-16-26-74)65(101)86-51(29-42-32-80-46-22-13-11-20-44(42)46)68(104)92-60(39(4)5)71(107)90-55(62(76)98)36-109-37-58(97)84-50(67(103)93-61)28-41-18-9-8-10-19-41/h8-14,18-23,32-33,38-40,48-55,59-61,80-81,94H,7,15-17,24-31,34-37,74H2,1-6H3,(H2,75,95)(H2,76,98)(H,82,99)(H,83,96)(H,84,97)(H,85,106)(H,86,101)(H,87,102)(H,88,100)(H,89,108)(H,90,107)(H,91,105)(H,92,104)(H,93,103)(H4,77,78,79)/t40-,48-,49-,50+,51-,52-,53-,54-,55-,59-,60-,61-/m0/s1. The van der Waals surface area contributed by atoms with E-state index in [-0.39, 0.29) is 76.2 Å². The number of aliphatic hydroxyl groups excluding tert-OH is 1. The summed E-state index contributed by atoms with van der Waals surface area (Å²) in [5.74, 6) is -16.5. The Morgan fingerprint density at radius 2 is 0.945 bits per heavy atom. The molecule has 36 heteroatoms. The molecule has 0 radical (unpaired) electrons. The molecule has 1 fully saturated rings. The summed E-state index contributed by atoms with van der Waals surface area (Å²) in [6.45, 7) is 8.00. The zero-order valence-electron chi connectivity index (χ0n) is 62.0. The highest BCUT2D eigenvalue weighted by molar-refractivity contribution is 8.00. The maximum absolute atomic E-state index is 15.0. The smallest absolute Gasteiger partial charge is 0.245 e. The molecule has 1 saturated heterocycles. The number of carbonyl (C=O) groups is 14. The average Bonchev–Trinajstić information content (AvgIpc) is 1.74. The number of rotatable bonds is 22. The Morgan fingerprint density at radius 3 is 1.46 bits per heavy atom. The van der Waals surface area contributed by atoms with E-state index in [2.05, 4.69) is 78.8 Å². The van der Waals surface area contributed by atoms with Crippen molar-refractivity contribution in [3.63, 3.8) is 0 Å². The summed E-state index contributed by atoms with van der Waals surface area (Å²) in [7, 11) is 0. The Kier molecular flexibility index (Phi) is 34.2. The maximum atomic E-state index is 15.0. The van der Waals surface area contributed by atoms with Gasteiger partial charge < -0.3 is 108 Å². The molecule has 6 rings (SSSR count). The van der Waals surface area contributed by atoms with Crippen LogP contribution in [0.1, 0.15) is 103 Å². The van der Waals surface area contributed by atoms with Crippen LogP contribution in [0.3, 0.4) is 0 Å². The first kappa shape index (κ1) is 86.8. The molecule has 1 aliphatic rings. The lowest BCUT2D eigenvalue weighted by Gasteiger charge is -2.29. The number of hydrogen-bond acceptors (Lipinski definition) is 18. The molecule has 5 aromatic rings. The number of nitrogens with zero attached hydrogens (tertiary/aromatic N) is 1. The third-order valence-electron chi connectivity index (χ3n) is 18.3. The summed E-state index contributed by atoms with van der Waals surface area (Å²) in [6, 6.07) is 5.97. The molecule has 0 spiro atoms. The van der Waals surface area contributed by atoms with E-state index >= 15 is 4.79 Å². The van der Waals surface area contributed by atoms with Crippen molar-refractivity contribution < 1.29 is 72.2 Å². The number of nitrogens with two attached hydrogens (primary N) is 5. The highest BCUT2D eigenvalue weighted by Gasteiger charge is 2.39. The monoisotopic (exact) mass is 1530 g/mol. The Hall–Kier alpha value is -11.1. The zero-order valence-corrected chi connectivity index (χ0v) is 62.8. The number of fused-ring (bicyclic) bond motifs is 2. The van der Waals surface area contributed by atoms with Crippen LogP contribution in [0.25, 0.3) is 21.8 Å². The third kappa shape index (κ3) is 26.9. The summed E-state index contributed by atoms with van der Waals surface area (Å²) < 4.78 is 0. The van der Waals surface area contributed by atoms with Gasteiger partial charge in [-0.1, -0.05) is 115 Å². The molecular weight excluding hydrogens is 1430 g/mol. The van der Waals surface area contributed by atoms with Crippen molar-refractivity contribution >= 4 is 122 Å². The van der Waals surface area contributed by atoms with E-state index in [1.807, 2.05) is 0 Å². The number of aliphatic imine (C=N–C) groups is 1. The fraction of sp³-hybridized carbons (Fsp3) is 0.493. The van der Waals surface area contributed by atoms with Gasteiger partial charge in [0.1, 0.15) is 66.5 Å². The number of amides is 14. The molecule has 35 nitrogen and oxygen atoms in total. The van der Waals surface area contributed by atoms with E-state index in [0.717, 1.165) is 11.8 Å². The van der Waals surface area contributed by atoms with Crippen molar-refractivity contribution in [1.82, 2.24) is 73.8 Å². The molecule has 0 unspecified atom stereocenters. The molecular formula is C73H104N20O15S. The first-order valence-electron chi connectivity index (χ1n) is 36.2. The normalized spacial score (nSPS) is 23.4. The van der Waals surface area contributed by atoms with Gasteiger partial charge >= 0.3 is 0 Å². The molecule has 0 aliphatic carbocycles. The van der Waals surface area contributed by atoms with Crippen LogP contribution in [0, 0.1) is 17.8 Å². The van der Waals surface area contributed by atoms with Gasteiger partial charge in [0.25, 0.3) is 0 Å². The molecule has 3 heterocycles. The lowest BCUT2D eigenvalue weighted by Crippen LogP contribution is -2.62. The van der Waals surface area contributed by atoms with Crippen molar-refractivity contribution in [3.8, 4) is 0 Å². The van der Waals surface area contributed by atoms with Gasteiger partial charge in [-0.3, -0.25) is 72.1 Å². The molecule has 592 valence electrons. The number of aromatic nitrogens is 2. The largest absolute Gasteiger partial charge is 0.394 e. The molecule has 0 saturated carbocycles. The number of para-hydroxylation sites is 2. The van der Waals surface area contributed by atoms with E-state index in [1.165, 1.54) is 0 Å². The van der Waals surface area contributed by atoms with Gasteiger partial charge in [-0.15, -0.1) is 11.8 Å². The van der Waals surface area contributed by atoms with Gasteiger partial charge in [0.2, 0.25) is 82.7 Å². The van der Waals surface area contributed by atoms with Crippen LogP contribution in [0.15, 0.2) is 96.2 Å². The second-order valence-corrected chi connectivity index (χ2v) is 28.5. The highest BCUT2D eigenvalue weighted by atomic mass is 32.2. The van der Waals surface area contributed by atoms with Gasteiger partial charge in [-0.05, 0) is 85.2 Å². The Labute approximate surface area is 634 Å². The van der Waals surface area contributed by atoms with Crippen molar-refractivity contribution in [3.05, 3.63) is 108 Å². The number of carbonyl (C=O) groups excluding carboxylic acids is 14. The molecule has 12 atom stereocenters. The Balaban J connectivity index is 1.41. The van der Waals surface area contributed by atoms with Crippen LogP contribution in [0.4, 0.5) is 0 Å². The van der Waals surface area contributed by atoms with E-state index in [0.29, 0.717) is 44.9 Å². The number of nitrogens with one attached hydrogen (secondary N) is 14. The predicted molar refractivity (Wildman–Crippen MR) is 408 cm³/mol. The predicted octanol–water partition coefficient (Wildman–Crippen LogP) is -3.23. The van der Waals surface area contributed by atoms with Crippen molar-refractivity contribution in [2.75, 3.05) is 37.7 Å². The van der Waals surface area contributed by atoms with Gasteiger partial charge in [0.05, 0.1) is 25.3 Å². The van der Waals surface area contributed by atoms with Crippen LogP contribution in [-0.2, 0) is 86.4 Å². The van der Waals surface area contributed by atoms with E-state index in [9.17, 15) is 67.4 Å². The maximum Gasteiger partial charge on any atom is 0.245 e. The van der Waals surface area contributed by atoms with Crippen molar-refractivity contribution in [2.24, 2.45) is 51.4 Å². The van der Waals surface area contributed by atoms with Crippen LogP contribution < -0.4 is 92.5 Å². The molecule has 25 N–H and O–H groups in total. The number of benzene rings is 3. The summed E-state index contributed by atoms with van der Waals surface area (Å²) in [5, 5.41) is 43.0. The Morgan fingerprint density at radius 1 is 0.495 bits per heavy atom. The number of H-pyrrole nitrogens is 2. The van der Waals surface area contributed by atoms with Crippen LogP contribution in [0.5, 0.6) is 0 Å². The lowest BCUT2D eigenvalue weighted by molar-refractivity contribution is -0.137. The minimum absolute atomic E-state index is 0.0129. The quantitative estimate of drug-likeness (QED) is 0.0184. The molecule has 0 bridgehead atoms. The molecule has 2 aromatic heterocycles. The van der Waals surface area contributed by atoms with Gasteiger partial charge in [0, 0.05) is 65.8 Å². The van der Waals surface area contributed by atoms with E-state index in [4.69, 9.17) is 28.7 Å². The number of primary amides is 2. The molecule has 1 aliphatic heterocycles. The second kappa shape index (κ2) is 43.0. The van der Waals surface area contributed by atoms with E-state index < -0.39 is 192 Å². The summed E-state index contributed by atoms with van der Waals surface area (Å²) in [4.78, 5) is 210. The third-order valence-corrected chi connectivity index (χ3v) is 19.4. The van der Waals surface area contributed by atoms with Gasteiger partial charge in [-0.25, -0.2) is 0 Å². The number of thioether (sulfide) groups is 1. The molecule has 109 heavy (non-hydrogen) atoms. The summed E-state index contributed by atoms with van der Waals surface area (Å²) in [6.07, 6.45) is 2.48. The van der Waals surface area contributed by atoms with Crippen LogP contribution in [-0.4, -0.2) is 208 Å². The second-order valence-electron chi connectivity index (χ2n) is 27.5. The minimum Gasteiger partial charge on any atom is -0.394 e. The SMILES string of the molecule is CC[C@H](C)[C@@H]1NC(=O)[C@@H](Cc2ccccc2)NC(=O)CSC[C@@H](C(N)=O)NC(=O)[C@H](C(C)C)NC(=O)[C@H](Cc2c[nH]c3ccccc23)NC(=O)[C@H](CCCCN)NC(=O)[C@H](C(C)C)NC(=O)[C@H](Cc2c[nH]c3ccccc23)NC(=O)[C@H](CC(N)=O)NC(=O)[C@H](CCCN=C(N)N)NC(=O)CNC(=O)[C@H](CO)NC1=O. The first-order valence-corrected chi connectivity index (χ1v) is 37.3. The molecule has 3 aromatic carbocycles. The summed E-state index contributed by atoms with van der Waals surface area (Å²) in [5.41, 5.74) is 31.6. The van der Waals surface area contributed by atoms with E-state index in [1.54, 1.807) is 133 Å². The number of aliphatic hydroxyl groups is 1. The van der Waals surface area contributed by atoms with Crippen LogP contribution >= 0.6 is 11.8 Å². The van der Waals surface area contributed by atoms with Gasteiger partial charge in [0.15, 0.2) is 5.96 Å². The lowest BCUT2D eigenvalue weighted by atomic mass is 9.96.